The zero-order valence-electron chi connectivity index (χ0n) is 20.1. The summed E-state index contributed by atoms with van der Waals surface area (Å²) in [6, 6.07) is 10.2. The average Bonchev–Trinajstić information content (AvgIpc) is 3.14. The van der Waals surface area contributed by atoms with E-state index < -0.39 is 22.0 Å². The minimum atomic E-state index is -4.10. The second-order valence-electron chi connectivity index (χ2n) is 9.57. The van der Waals surface area contributed by atoms with E-state index in [1.807, 2.05) is 64.1 Å². The smallest absolute Gasteiger partial charge is 0.322 e. The summed E-state index contributed by atoms with van der Waals surface area (Å²) >= 11 is 0. The minimum Gasteiger partial charge on any atom is -0.480 e. The average molecular weight is 471 g/mol. The Labute approximate surface area is 196 Å². The lowest BCUT2D eigenvalue weighted by atomic mass is 9.89. The van der Waals surface area contributed by atoms with Crippen LogP contribution in [0.25, 0.3) is 10.9 Å². The molecule has 0 unspecified atom stereocenters. The van der Waals surface area contributed by atoms with Gasteiger partial charge in [-0.1, -0.05) is 71.9 Å². The van der Waals surface area contributed by atoms with Crippen molar-refractivity contribution in [3.05, 3.63) is 64.8 Å². The molecule has 0 spiro atoms. The molecule has 3 aromatic rings. The number of hydrogen-bond donors (Lipinski definition) is 3. The molecule has 33 heavy (non-hydrogen) atoms. The van der Waals surface area contributed by atoms with E-state index >= 15 is 0 Å². The number of nitrogens with one attached hydrogen (secondary N) is 2. The highest BCUT2D eigenvalue weighted by Crippen LogP contribution is 2.35. The number of aliphatic carboxylic acids is 1. The topological polar surface area (TPSA) is 99.3 Å². The number of aromatic nitrogens is 1. The van der Waals surface area contributed by atoms with Gasteiger partial charge in [-0.3, -0.25) is 4.79 Å². The molecule has 1 aromatic heterocycles. The molecule has 1 heterocycles. The number of hydrogen-bond acceptors (Lipinski definition) is 3. The van der Waals surface area contributed by atoms with Crippen molar-refractivity contribution in [3.8, 4) is 0 Å². The van der Waals surface area contributed by atoms with E-state index in [9.17, 15) is 18.3 Å². The second kappa shape index (κ2) is 9.69. The van der Waals surface area contributed by atoms with Gasteiger partial charge >= 0.3 is 5.97 Å². The van der Waals surface area contributed by atoms with Gasteiger partial charge in [0.2, 0.25) is 10.0 Å². The maximum Gasteiger partial charge on any atom is 0.322 e. The Morgan fingerprint density at radius 2 is 1.55 bits per heavy atom. The fourth-order valence-electron chi connectivity index (χ4n) is 4.15. The SMILES string of the molecule is CC(C)c1cc(C(C)C)c(S(=O)(=O)N[C@H](Cc2c[nH]c3ccccc23)C(=O)O)c(C(C)C)c1. The summed E-state index contributed by atoms with van der Waals surface area (Å²) in [6.45, 7) is 12.0. The third-order valence-corrected chi connectivity index (χ3v) is 7.65. The van der Waals surface area contributed by atoms with E-state index in [1.54, 1.807) is 6.20 Å². The molecular formula is C26H34N2O4S. The third kappa shape index (κ3) is 5.31. The van der Waals surface area contributed by atoms with Gasteiger partial charge in [0, 0.05) is 23.5 Å². The van der Waals surface area contributed by atoms with E-state index in [0.29, 0.717) is 11.1 Å². The lowest BCUT2D eigenvalue weighted by molar-refractivity contribution is -0.138. The molecule has 0 aliphatic carbocycles. The number of rotatable bonds is 9. The van der Waals surface area contributed by atoms with Crippen molar-refractivity contribution < 1.29 is 18.3 Å². The van der Waals surface area contributed by atoms with Gasteiger partial charge in [0.05, 0.1) is 4.90 Å². The molecule has 0 saturated heterocycles. The quantitative estimate of drug-likeness (QED) is 0.384. The maximum absolute atomic E-state index is 13.7. The van der Waals surface area contributed by atoms with Gasteiger partial charge in [-0.15, -0.1) is 0 Å². The molecule has 0 fully saturated rings. The van der Waals surface area contributed by atoms with Crippen LogP contribution >= 0.6 is 0 Å². The Morgan fingerprint density at radius 1 is 0.970 bits per heavy atom. The molecule has 0 amide bonds. The summed E-state index contributed by atoms with van der Waals surface area (Å²) in [4.78, 5) is 15.4. The lowest BCUT2D eigenvalue weighted by Crippen LogP contribution is -2.42. The minimum absolute atomic E-state index is 0.0373. The highest BCUT2D eigenvalue weighted by Gasteiger charge is 2.31. The molecule has 0 radical (unpaired) electrons. The van der Waals surface area contributed by atoms with E-state index in [0.717, 1.165) is 22.0 Å². The summed E-state index contributed by atoms with van der Waals surface area (Å²) in [7, 11) is -4.10. The first kappa shape index (κ1) is 25.0. The fourth-order valence-corrected chi connectivity index (χ4v) is 6.03. The first-order valence-electron chi connectivity index (χ1n) is 11.4. The monoisotopic (exact) mass is 470 g/mol. The summed E-state index contributed by atoms with van der Waals surface area (Å²) in [6.07, 6.45) is 1.78. The number of H-pyrrole nitrogens is 1. The Bertz CT molecular complexity index is 1230. The molecule has 178 valence electrons. The predicted molar refractivity (Wildman–Crippen MR) is 132 cm³/mol. The van der Waals surface area contributed by atoms with Gasteiger partial charge in [0.25, 0.3) is 0 Å². The molecule has 1 atom stereocenters. The number of carboxylic acid groups (broad SMARTS) is 1. The van der Waals surface area contributed by atoms with Crippen molar-refractivity contribution in [2.45, 2.75) is 76.7 Å². The van der Waals surface area contributed by atoms with Crippen molar-refractivity contribution in [2.75, 3.05) is 0 Å². The van der Waals surface area contributed by atoms with Gasteiger partial charge in [-0.05, 0) is 46.1 Å². The second-order valence-corrected chi connectivity index (χ2v) is 11.2. The van der Waals surface area contributed by atoms with Gasteiger partial charge in [0.15, 0.2) is 0 Å². The van der Waals surface area contributed by atoms with Crippen molar-refractivity contribution in [2.24, 2.45) is 0 Å². The lowest BCUT2D eigenvalue weighted by Gasteiger charge is -2.24. The number of fused-ring (bicyclic) bond motifs is 1. The third-order valence-electron chi connectivity index (χ3n) is 6.04. The van der Waals surface area contributed by atoms with E-state index in [2.05, 4.69) is 23.6 Å². The molecule has 3 N–H and O–H groups in total. The van der Waals surface area contributed by atoms with Gasteiger partial charge in [-0.2, -0.15) is 4.72 Å². The Hall–Kier alpha value is -2.64. The Kier molecular flexibility index (Phi) is 7.34. The number of carboxylic acids is 1. The summed E-state index contributed by atoms with van der Waals surface area (Å²) in [5.74, 6) is -1.03. The number of aromatic amines is 1. The number of carbonyl (C=O) groups is 1. The molecular weight excluding hydrogens is 436 g/mol. The summed E-state index contributed by atoms with van der Waals surface area (Å²) < 4.78 is 29.9. The predicted octanol–water partition coefficient (Wildman–Crippen LogP) is 5.51. The standard InChI is InChI=1S/C26H34N2O4S/c1-15(2)18-11-21(16(3)4)25(22(12-18)17(5)6)33(31,32)28-24(26(29)30)13-19-14-27-23-10-8-7-9-20(19)23/h7-12,14-17,24,27-28H,13H2,1-6H3,(H,29,30)/t24-/m1/s1. The zero-order valence-corrected chi connectivity index (χ0v) is 21.0. The van der Waals surface area contributed by atoms with Crippen LogP contribution in [-0.2, 0) is 21.2 Å². The molecule has 0 saturated carbocycles. The fraction of sp³-hybridized carbons (Fsp3) is 0.423. The Balaban J connectivity index is 2.07. The number of benzene rings is 2. The first-order valence-corrected chi connectivity index (χ1v) is 12.9. The van der Waals surface area contributed by atoms with Crippen molar-refractivity contribution in [1.29, 1.82) is 0 Å². The largest absolute Gasteiger partial charge is 0.480 e. The van der Waals surface area contributed by atoms with Crippen LogP contribution in [0.5, 0.6) is 0 Å². The van der Waals surface area contributed by atoms with Crippen LogP contribution in [-0.4, -0.2) is 30.5 Å². The van der Waals surface area contributed by atoms with E-state index in [-0.39, 0.29) is 29.1 Å². The maximum atomic E-state index is 13.7. The van der Waals surface area contributed by atoms with Crippen LogP contribution in [0.15, 0.2) is 47.5 Å². The van der Waals surface area contributed by atoms with Crippen molar-refractivity contribution >= 4 is 26.9 Å². The van der Waals surface area contributed by atoms with E-state index in [1.165, 1.54) is 0 Å². The van der Waals surface area contributed by atoms with Crippen molar-refractivity contribution in [1.82, 2.24) is 9.71 Å². The highest BCUT2D eigenvalue weighted by atomic mass is 32.2. The van der Waals surface area contributed by atoms with Crippen LogP contribution in [0, 0.1) is 0 Å². The van der Waals surface area contributed by atoms with Crippen LogP contribution in [0.4, 0.5) is 0 Å². The summed E-state index contributed by atoms with van der Waals surface area (Å²) in [5, 5.41) is 10.8. The molecule has 6 nitrogen and oxygen atoms in total. The number of para-hydroxylation sites is 1. The number of sulfonamides is 1. The molecule has 0 aliphatic heterocycles. The molecule has 0 aliphatic rings. The van der Waals surface area contributed by atoms with Crippen LogP contribution in [0.1, 0.15) is 81.5 Å². The molecule has 3 rings (SSSR count). The van der Waals surface area contributed by atoms with Crippen molar-refractivity contribution in [3.63, 3.8) is 0 Å². The van der Waals surface area contributed by atoms with Crippen LogP contribution in [0.3, 0.4) is 0 Å². The van der Waals surface area contributed by atoms with Gasteiger partial charge in [-0.25, -0.2) is 8.42 Å². The normalized spacial score (nSPS) is 13.4. The zero-order chi connectivity index (χ0) is 24.5. The molecule has 2 aromatic carbocycles. The Morgan fingerprint density at radius 3 is 2.06 bits per heavy atom. The van der Waals surface area contributed by atoms with Crippen LogP contribution < -0.4 is 4.72 Å². The highest BCUT2D eigenvalue weighted by molar-refractivity contribution is 7.89. The molecule has 7 heteroatoms. The van der Waals surface area contributed by atoms with Crippen LogP contribution in [0.2, 0.25) is 0 Å². The molecule has 0 bridgehead atoms. The van der Waals surface area contributed by atoms with Gasteiger partial charge < -0.3 is 10.1 Å². The summed E-state index contributed by atoms with van der Waals surface area (Å²) in [5.41, 5.74) is 4.15. The van der Waals surface area contributed by atoms with E-state index in [4.69, 9.17) is 0 Å². The first-order chi connectivity index (χ1) is 15.4. The van der Waals surface area contributed by atoms with Gasteiger partial charge in [0.1, 0.15) is 6.04 Å².